The zero-order chi connectivity index (χ0) is 13.4. The Morgan fingerprint density at radius 3 is 2.61 bits per heavy atom. The highest BCUT2D eigenvalue weighted by molar-refractivity contribution is 5.72. The molecule has 0 unspecified atom stereocenters. The second kappa shape index (κ2) is 7.71. The summed E-state index contributed by atoms with van der Waals surface area (Å²) in [4.78, 5) is 13.3. The number of nitrogens with zero attached hydrogens (tertiary/aromatic N) is 1. The Morgan fingerprint density at radius 2 is 2.00 bits per heavy atom. The van der Waals surface area contributed by atoms with Gasteiger partial charge in [-0.25, -0.2) is 0 Å². The van der Waals surface area contributed by atoms with Crippen molar-refractivity contribution in [2.75, 3.05) is 33.9 Å². The predicted molar refractivity (Wildman–Crippen MR) is 70.6 cm³/mol. The van der Waals surface area contributed by atoms with Gasteiger partial charge in [-0.1, -0.05) is 25.1 Å². The van der Waals surface area contributed by atoms with Crippen LogP contribution < -0.4 is 4.74 Å². The lowest BCUT2D eigenvalue weighted by Gasteiger charge is -2.19. The number of carbonyl (C=O) groups is 1. The average Bonchev–Trinajstić information content (AvgIpc) is 2.38. The summed E-state index contributed by atoms with van der Waals surface area (Å²) in [6.07, 6.45) is 0. The van der Waals surface area contributed by atoms with Crippen LogP contribution in [-0.2, 0) is 9.53 Å². The van der Waals surface area contributed by atoms with Crippen LogP contribution in [0.3, 0.4) is 0 Å². The Kier molecular flexibility index (Phi) is 6.22. The smallest absolute Gasteiger partial charge is 0.309 e. The Morgan fingerprint density at radius 1 is 1.33 bits per heavy atom. The molecule has 1 rings (SSSR count). The lowest BCUT2D eigenvalue weighted by Crippen LogP contribution is -2.32. The molecule has 0 heterocycles. The molecule has 0 fully saturated rings. The van der Waals surface area contributed by atoms with Crippen molar-refractivity contribution in [3.8, 4) is 5.75 Å². The topological polar surface area (TPSA) is 38.8 Å². The molecule has 100 valence electrons. The fourth-order valence-corrected chi connectivity index (χ4v) is 1.67. The molecule has 18 heavy (non-hydrogen) atoms. The van der Waals surface area contributed by atoms with Crippen LogP contribution in [0.25, 0.3) is 0 Å². The van der Waals surface area contributed by atoms with E-state index in [1.807, 2.05) is 44.3 Å². The van der Waals surface area contributed by atoms with E-state index < -0.39 is 0 Å². The number of rotatable bonds is 7. The Balaban J connectivity index is 2.21. The van der Waals surface area contributed by atoms with E-state index in [-0.39, 0.29) is 11.9 Å². The van der Waals surface area contributed by atoms with Crippen LogP contribution in [0.2, 0.25) is 0 Å². The number of esters is 1. The van der Waals surface area contributed by atoms with Crippen LogP contribution in [0.1, 0.15) is 6.92 Å². The summed E-state index contributed by atoms with van der Waals surface area (Å²) in [5.74, 6) is 0.578. The number of para-hydroxylation sites is 1. The van der Waals surface area contributed by atoms with Gasteiger partial charge in [0.15, 0.2) is 0 Å². The van der Waals surface area contributed by atoms with Crippen molar-refractivity contribution in [2.45, 2.75) is 6.92 Å². The molecule has 4 heteroatoms. The molecule has 1 aromatic rings. The fraction of sp³-hybridized carbons (Fsp3) is 0.500. The summed E-state index contributed by atoms with van der Waals surface area (Å²) in [5, 5.41) is 0. The molecule has 1 aromatic carbocycles. The number of methoxy groups -OCH3 is 1. The van der Waals surface area contributed by atoms with Crippen LogP contribution in [0, 0.1) is 5.92 Å². The van der Waals surface area contributed by atoms with E-state index in [0.29, 0.717) is 13.2 Å². The summed E-state index contributed by atoms with van der Waals surface area (Å²) in [7, 11) is 3.38. The maximum Gasteiger partial charge on any atom is 0.309 e. The summed E-state index contributed by atoms with van der Waals surface area (Å²) < 4.78 is 10.3. The summed E-state index contributed by atoms with van der Waals surface area (Å²) in [5.41, 5.74) is 0. The number of carbonyl (C=O) groups excluding carboxylic acids is 1. The highest BCUT2D eigenvalue weighted by atomic mass is 16.5. The van der Waals surface area contributed by atoms with Gasteiger partial charge in [-0.05, 0) is 19.2 Å². The van der Waals surface area contributed by atoms with E-state index >= 15 is 0 Å². The van der Waals surface area contributed by atoms with E-state index in [9.17, 15) is 4.79 Å². The van der Waals surface area contributed by atoms with Gasteiger partial charge >= 0.3 is 5.97 Å². The van der Waals surface area contributed by atoms with Crippen LogP contribution in [0.5, 0.6) is 5.75 Å². The van der Waals surface area contributed by atoms with E-state index in [2.05, 4.69) is 9.64 Å². The molecule has 0 spiro atoms. The predicted octanol–water partition coefficient (Wildman–Crippen LogP) is 1.81. The van der Waals surface area contributed by atoms with Gasteiger partial charge in [0.2, 0.25) is 0 Å². The molecule has 1 atom stereocenters. The van der Waals surface area contributed by atoms with Gasteiger partial charge in [-0.3, -0.25) is 4.79 Å². The maximum absolute atomic E-state index is 11.3. The molecule has 0 aromatic heterocycles. The molecule has 0 radical (unpaired) electrons. The van der Waals surface area contributed by atoms with Crippen molar-refractivity contribution < 1.29 is 14.3 Å². The molecular weight excluding hydrogens is 230 g/mol. The first-order valence-electron chi connectivity index (χ1n) is 6.07. The highest BCUT2D eigenvalue weighted by Gasteiger charge is 2.15. The molecule has 0 bridgehead atoms. The molecular formula is C14H21NO3. The van der Waals surface area contributed by atoms with Crippen LogP contribution in [0.4, 0.5) is 0 Å². The first-order valence-corrected chi connectivity index (χ1v) is 6.07. The number of hydrogen-bond donors (Lipinski definition) is 0. The standard InChI is InChI=1S/C14H21NO3/c1-12(14(16)17-3)11-15(2)9-10-18-13-7-5-4-6-8-13/h4-8,12H,9-11H2,1-3H3/t12-/m1/s1. The average molecular weight is 251 g/mol. The molecule has 0 aliphatic carbocycles. The Hall–Kier alpha value is -1.55. The monoisotopic (exact) mass is 251 g/mol. The van der Waals surface area contributed by atoms with Gasteiger partial charge in [-0.15, -0.1) is 0 Å². The normalized spacial score (nSPS) is 12.2. The van der Waals surface area contributed by atoms with Crippen LogP contribution in [0.15, 0.2) is 30.3 Å². The molecule has 0 aliphatic heterocycles. The number of likely N-dealkylation sites (N-methyl/N-ethyl adjacent to an activating group) is 1. The Labute approximate surface area is 108 Å². The van der Waals surface area contributed by atoms with Gasteiger partial charge < -0.3 is 14.4 Å². The molecule has 0 aliphatic rings. The first kappa shape index (κ1) is 14.5. The van der Waals surface area contributed by atoms with Gasteiger partial charge in [0, 0.05) is 13.1 Å². The molecule has 0 saturated carbocycles. The maximum atomic E-state index is 11.3. The van der Waals surface area contributed by atoms with E-state index in [1.165, 1.54) is 7.11 Å². The zero-order valence-electron chi connectivity index (χ0n) is 11.3. The molecule has 0 N–H and O–H groups in total. The number of benzene rings is 1. The minimum atomic E-state index is -0.175. The quantitative estimate of drug-likeness (QED) is 0.693. The minimum Gasteiger partial charge on any atom is -0.492 e. The van der Waals surface area contributed by atoms with Crippen molar-refractivity contribution >= 4 is 5.97 Å². The van der Waals surface area contributed by atoms with Gasteiger partial charge in [0.1, 0.15) is 12.4 Å². The van der Waals surface area contributed by atoms with Crippen molar-refractivity contribution in [3.05, 3.63) is 30.3 Å². The molecule has 0 amide bonds. The van der Waals surface area contributed by atoms with E-state index in [0.717, 1.165) is 12.3 Å². The minimum absolute atomic E-state index is 0.114. The molecule has 0 saturated heterocycles. The van der Waals surface area contributed by atoms with Gasteiger partial charge in [0.05, 0.1) is 13.0 Å². The van der Waals surface area contributed by atoms with Crippen LogP contribution >= 0.6 is 0 Å². The lowest BCUT2D eigenvalue weighted by molar-refractivity contribution is -0.145. The van der Waals surface area contributed by atoms with Crippen molar-refractivity contribution in [1.29, 1.82) is 0 Å². The summed E-state index contributed by atoms with van der Waals surface area (Å²) >= 11 is 0. The zero-order valence-corrected chi connectivity index (χ0v) is 11.3. The van der Waals surface area contributed by atoms with Crippen molar-refractivity contribution in [2.24, 2.45) is 5.92 Å². The lowest BCUT2D eigenvalue weighted by atomic mass is 10.2. The highest BCUT2D eigenvalue weighted by Crippen LogP contribution is 2.08. The SMILES string of the molecule is COC(=O)[C@H](C)CN(C)CCOc1ccccc1. The van der Waals surface area contributed by atoms with Gasteiger partial charge in [-0.2, -0.15) is 0 Å². The number of hydrogen-bond acceptors (Lipinski definition) is 4. The largest absolute Gasteiger partial charge is 0.492 e. The van der Waals surface area contributed by atoms with Crippen molar-refractivity contribution in [3.63, 3.8) is 0 Å². The third-order valence-corrected chi connectivity index (χ3v) is 2.67. The van der Waals surface area contributed by atoms with Gasteiger partial charge in [0.25, 0.3) is 0 Å². The second-order valence-electron chi connectivity index (χ2n) is 4.35. The molecule has 4 nitrogen and oxygen atoms in total. The van der Waals surface area contributed by atoms with E-state index in [1.54, 1.807) is 0 Å². The van der Waals surface area contributed by atoms with E-state index in [4.69, 9.17) is 4.74 Å². The van der Waals surface area contributed by atoms with Crippen LogP contribution in [-0.4, -0.2) is 44.7 Å². The van der Waals surface area contributed by atoms with Crippen molar-refractivity contribution in [1.82, 2.24) is 4.90 Å². The summed E-state index contributed by atoms with van der Waals surface area (Å²) in [6, 6.07) is 9.70. The Bertz CT molecular complexity index is 353. The summed E-state index contributed by atoms with van der Waals surface area (Å²) in [6.45, 7) is 3.91. The second-order valence-corrected chi connectivity index (χ2v) is 4.35. The first-order chi connectivity index (χ1) is 8.63. The third-order valence-electron chi connectivity index (χ3n) is 2.67. The number of ether oxygens (including phenoxy) is 2. The third kappa shape index (κ3) is 5.19. The fourth-order valence-electron chi connectivity index (χ4n) is 1.67.